The van der Waals surface area contributed by atoms with Crippen molar-refractivity contribution in [3.05, 3.63) is 12.2 Å². The highest BCUT2D eigenvalue weighted by atomic mass is 28.4. The van der Waals surface area contributed by atoms with E-state index in [0.717, 1.165) is 12.8 Å². The minimum atomic E-state index is -2.64. The Kier molecular flexibility index (Phi) is 14.1. The van der Waals surface area contributed by atoms with Gasteiger partial charge >= 0.3 is 14.8 Å². The molecule has 0 heterocycles. The van der Waals surface area contributed by atoms with E-state index in [1.165, 1.54) is 38.5 Å². The summed E-state index contributed by atoms with van der Waals surface area (Å²) in [4.78, 5) is 11.9. The largest absolute Gasteiger partial charge is 0.500 e. The van der Waals surface area contributed by atoms with Crippen LogP contribution in [-0.4, -0.2) is 42.2 Å². The summed E-state index contributed by atoms with van der Waals surface area (Å²) in [6.07, 6.45) is 10.0. The number of rotatable bonds is 16. The van der Waals surface area contributed by atoms with E-state index in [1.807, 2.05) is 0 Å². The minimum Gasteiger partial charge on any atom is -0.459 e. The van der Waals surface area contributed by atoms with Crippen LogP contribution in [0.4, 0.5) is 0 Å². The van der Waals surface area contributed by atoms with Crippen molar-refractivity contribution in [3.63, 3.8) is 0 Å². The zero-order valence-corrected chi connectivity index (χ0v) is 17.9. The molecular weight excluding hydrogens is 336 g/mol. The minimum absolute atomic E-state index is 0.146. The van der Waals surface area contributed by atoms with Crippen molar-refractivity contribution in [2.45, 2.75) is 83.8 Å². The van der Waals surface area contributed by atoms with Crippen LogP contribution in [0.2, 0.25) is 6.04 Å². The molecule has 0 saturated carbocycles. The number of unbranched alkanes of at least 4 members (excludes halogenated alkanes) is 6. The summed E-state index contributed by atoms with van der Waals surface area (Å²) >= 11 is 0. The molecule has 0 spiro atoms. The Morgan fingerprint density at radius 2 is 1.44 bits per heavy atom. The second-order valence-corrected chi connectivity index (χ2v) is 9.64. The summed E-state index contributed by atoms with van der Waals surface area (Å²) < 4.78 is 22.0. The van der Waals surface area contributed by atoms with Gasteiger partial charge in [-0.05, 0) is 26.2 Å². The van der Waals surface area contributed by atoms with Crippen LogP contribution < -0.4 is 0 Å². The van der Waals surface area contributed by atoms with Crippen molar-refractivity contribution in [1.82, 2.24) is 0 Å². The fraction of sp³-hybridized carbons (Fsp3) is 0.842. The standard InChI is InChI=1S/C19H38O5Si/c1-7-8-9-10-11-12-13-14-18(24-19(20)17(2)3)15-16-25(21-4,22-5)23-6/h18H,2,7-16H2,1,3-6H3. The predicted molar refractivity (Wildman–Crippen MR) is 104 cm³/mol. The second kappa shape index (κ2) is 14.5. The van der Waals surface area contributed by atoms with Crippen molar-refractivity contribution in [3.8, 4) is 0 Å². The highest BCUT2D eigenvalue weighted by Crippen LogP contribution is 2.21. The smallest absolute Gasteiger partial charge is 0.459 e. The Hall–Kier alpha value is -0.693. The first kappa shape index (κ1) is 24.3. The predicted octanol–water partition coefficient (Wildman–Crippen LogP) is 4.88. The summed E-state index contributed by atoms with van der Waals surface area (Å²) in [5, 5.41) is 0. The lowest BCUT2D eigenvalue weighted by molar-refractivity contribution is -0.144. The molecule has 0 aromatic heterocycles. The first-order chi connectivity index (χ1) is 11.9. The molecule has 0 aliphatic carbocycles. The third kappa shape index (κ3) is 10.8. The molecule has 1 unspecified atom stereocenters. The third-order valence-electron chi connectivity index (χ3n) is 4.46. The molecule has 0 radical (unpaired) electrons. The zero-order valence-electron chi connectivity index (χ0n) is 16.9. The summed E-state index contributed by atoms with van der Waals surface area (Å²) in [6.45, 7) is 7.56. The first-order valence-electron chi connectivity index (χ1n) is 9.46. The van der Waals surface area contributed by atoms with E-state index in [2.05, 4.69) is 13.5 Å². The monoisotopic (exact) mass is 374 g/mol. The quantitative estimate of drug-likeness (QED) is 0.167. The number of hydrogen-bond acceptors (Lipinski definition) is 5. The number of carbonyl (C=O) groups excluding carboxylic acids is 1. The summed E-state index contributed by atoms with van der Waals surface area (Å²) in [5.41, 5.74) is 0.429. The summed E-state index contributed by atoms with van der Waals surface area (Å²) in [6, 6.07) is 0.626. The lowest BCUT2D eigenvalue weighted by atomic mass is 10.1. The lowest BCUT2D eigenvalue weighted by Gasteiger charge is -2.26. The normalized spacial score (nSPS) is 12.8. The van der Waals surface area contributed by atoms with Crippen molar-refractivity contribution in [2.24, 2.45) is 0 Å². The Balaban J connectivity index is 4.41. The molecule has 148 valence electrons. The highest BCUT2D eigenvalue weighted by molar-refractivity contribution is 6.60. The van der Waals surface area contributed by atoms with Crippen LogP contribution in [0.1, 0.15) is 71.6 Å². The van der Waals surface area contributed by atoms with Crippen LogP contribution >= 0.6 is 0 Å². The average molecular weight is 375 g/mol. The van der Waals surface area contributed by atoms with Crippen LogP contribution in [0.25, 0.3) is 0 Å². The zero-order chi connectivity index (χ0) is 19.1. The van der Waals surface area contributed by atoms with Gasteiger partial charge in [0, 0.05) is 32.9 Å². The Labute approximate surface area is 155 Å². The van der Waals surface area contributed by atoms with Crippen LogP contribution in [-0.2, 0) is 22.8 Å². The van der Waals surface area contributed by atoms with Crippen molar-refractivity contribution >= 4 is 14.8 Å². The van der Waals surface area contributed by atoms with E-state index in [4.69, 9.17) is 18.0 Å². The molecule has 0 aromatic rings. The van der Waals surface area contributed by atoms with Crippen LogP contribution in [0, 0.1) is 0 Å². The topological polar surface area (TPSA) is 54.0 Å². The SMILES string of the molecule is C=C(C)C(=O)OC(CCCCCCCCC)CC[Si](OC)(OC)OC. The fourth-order valence-corrected chi connectivity index (χ4v) is 4.53. The van der Waals surface area contributed by atoms with Gasteiger partial charge in [0.15, 0.2) is 0 Å². The number of ether oxygens (including phenoxy) is 1. The van der Waals surface area contributed by atoms with E-state index >= 15 is 0 Å². The summed E-state index contributed by atoms with van der Waals surface area (Å²) in [5.74, 6) is -0.326. The van der Waals surface area contributed by atoms with Gasteiger partial charge in [0.2, 0.25) is 0 Å². The van der Waals surface area contributed by atoms with Gasteiger partial charge in [-0.15, -0.1) is 0 Å². The maximum absolute atomic E-state index is 11.9. The van der Waals surface area contributed by atoms with E-state index in [-0.39, 0.29) is 12.1 Å². The van der Waals surface area contributed by atoms with Gasteiger partial charge in [0.05, 0.1) is 0 Å². The summed E-state index contributed by atoms with van der Waals surface area (Å²) in [7, 11) is 2.16. The first-order valence-corrected chi connectivity index (χ1v) is 11.4. The fourth-order valence-electron chi connectivity index (χ4n) is 2.74. The molecule has 0 amide bonds. The van der Waals surface area contributed by atoms with E-state index in [9.17, 15) is 4.79 Å². The van der Waals surface area contributed by atoms with Gasteiger partial charge in [-0.1, -0.05) is 52.0 Å². The molecular formula is C19H38O5Si. The second-order valence-electron chi connectivity index (χ2n) is 6.55. The molecule has 1 atom stereocenters. The van der Waals surface area contributed by atoms with Crippen LogP contribution in [0.5, 0.6) is 0 Å². The van der Waals surface area contributed by atoms with E-state index in [1.54, 1.807) is 28.3 Å². The average Bonchev–Trinajstić information content (AvgIpc) is 2.61. The van der Waals surface area contributed by atoms with Gasteiger partial charge in [-0.2, -0.15) is 0 Å². The Morgan fingerprint density at radius 1 is 0.920 bits per heavy atom. The number of hydrogen-bond donors (Lipinski definition) is 0. The van der Waals surface area contributed by atoms with Gasteiger partial charge in [0.1, 0.15) is 6.10 Å². The van der Waals surface area contributed by atoms with Gasteiger partial charge in [-0.25, -0.2) is 4.79 Å². The molecule has 0 rings (SSSR count). The van der Waals surface area contributed by atoms with Gasteiger partial charge in [-0.3, -0.25) is 0 Å². The molecule has 0 aliphatic heterocycles. The lowest BCUT2D eigenvalue weighted by Crippen LogP contribution is -2.43. The van der Waals surface area contributed by atoms with E-state index in [0.29, 0.717) is 18.0 Å². The molecule has 0 bridgehead atoms. The maximum atomic E-state index is 11.9. The van der Waals surface area contributed by atoms with Crippen LogP contribution in [0.15, 0.2) is 12.2 Å². The number of esters is 1. The maximum Gasteiger partial charge on any atom is 0.500 e. The van der Waals surface area contributed by atoms with Gasteiger partial charge in [0.25, 0.3) is 0 Å². The Bertz CT molecular complexity index is 361. The Morgan fingerprint density at radius 3 is 1.92 bits per heavy atom. The molecule has 0 aliphatic rings. The van der Waals surface area contributed by atoms with E-state index < -0.39 is 8.80 Å². The molecule has 5 nitrogen and oxygen atoms in total. The number of carbonyl (C=O) groups is 1. The highest BCUT2D eigenvalue weighted by Gasteiger charge is 2.38. The molecule has 0 N–H and O–H groups in total. The van der Waals surface area contributed by atoms with Crippen molar-refractivity contribution in [1.29, 1.82) is 0 Å². The van der Waals surface area contributed by atoms with Crippen LogP contribution in [0.3, 0.4) is 0 Å². The molecule has 0 saturated heterocycles. The van der Waals surface area contributed by atoms with Gasteiger partial charge < -0.3 is 18.0 Å². The molecule has 25 heavy (non-hydrogen) atoms. The third-order valence-corrected chi connectivity index (χ3v) is 7.22. The molecule has 0 fully saturated rings. The molecule has 0 aromatic carbocycles. The van der Waals surface area contributed by atoms with Crippen molar-refractivity contribution in [2.75, 3.05) is 21.3 Å². The molecule has 6 heteroatoms. The van der Waals surface area contributed by atoms with Crippen molar-refractivity contribution < 1.29 is 22.8 Å².